The van der Waals surface area contributed by atoms with Crippen molar-refractivity contribution < 1.29 is 22.7 Å². The summed E-state index contributed by atoms with van der Waals surface area (Å²) >= 11 is 0. The summed E-state index contributed by atoms with van der Waals surface area (Å²) in [6, 6.07) is 4.72. The number of hydrogen-bond donors (Lipinski definition) is 1. The van der Waals surface area contributed by atoms with Crippen LogP contribution < -0.4 is 10.1 Å². The van der Waals surface area contributed by atoms with E-state index in [4.69, 9.17) is 0 Å². The summed E-state index contributed by atoms with van der Waals surface area (Å²) in [4.78, 5) is 14.5. The van der Waals surface area contributed by atoms with Gasteiger partial charge in [-0.25, -0.2) is 0 Å². The predicted octanol–water partition coefficient (Wildman–Crippen LogP) is 4.07. The molecule has 2 aliphatic rings. The van der Waals surface area contributed by atoms with Crippen molar-refractivity contribution in [3.05, 3.63) is 29.3 Å². The molecule has 7 heteroatoms. The number of rotatable bonds is 3. The van der Waals surface area contributed by atoms with Gasteiger partial charge in [0, 0.05) is 12.6 Å². The molecule has 3 rings (SSSR count). The van der Waals surface area contributed by atoms with Crippen molar-refractivity contribution in [1.29, 1.82) is 0 Å². The molecule has 1 aromatic carbocycles. The van der Waals surface area contributed by atoms with E-state index in [-0.39, 0.29) is 29.2 Å². The first-order valence-electron chi connectivity index (χ1n) is 9.26. The molecule has 2 aliphatic heterocycles. The molecule has 0 radical (unpaired) electrons. The van der Waals surface area contributed by atoms with Crippen LogP contribution in [0.25, 0.3) is 0 Å². The minimum atomic E-state index is -4.82. The number of carbonyl (C=O) groups excluding carboxylic acids is 1. The Morgan fingerprint density at radius 3 is 2.58 bits per heavy atom. The molecular formula is C19H25F3N2O2. The van der Waals surface area contributed by atoms with Gasteiger partial charge in [0.25, 0.3) is 5.91 Å². The summed E-state index contributed by atoms with van der Waals surface area (Å²) in [7, 11) is 0. The maximum atomic E-state index is 12.9. The lowest BCUT2D eigenvalue weighted by Crippen LogP contribution is -2.42. The molecule has 1 N–H and O–H groups in total. The molecule has 0 spiro atoms. The number of benzene rings is 1. The van der Waals surface area contributed by atoms with Gasteiger partial charge in [-0.15, -0.1) is 13.2 Å². The molecular weight excluding hydrogens is 345 g/mol. The van der Waals surface area contributed by atoms with Gasteiger partial charge in [0.2, 0.25) is 0 Å². The van der Waals surface area contributed by atoms with Crippen LogP contribution in [0.1, 0.15) is 60.9 Å². The molecule has 0 aliphatic carbocycles. The molecule has 4 nitrogen and oxygen atoms in total. The van der Waals surface area contributed by atoms with Crippen molar-refractivity contribution in [2.75, 3.05) is 19.6 Å². The van der Waals surface area contributed by atoms with Crippen LogP contribution in [0.5, 0.6) is 5.75 Å². The second kappa shape index (κ2) is 7.86. The Kier molecular flexibility index (Phi) is 5.75. The lowest BCUT2D eigenvalue weighted by molar-refractivity contribution is -0.274. The number of nitrogens with one attached hydrogen (secondary N) is 1. The molecule has 1 atom stereocenters. The van der Waals surface area contributed by atoms with Gasteiger partial charge >= 0.3 is 6.36 Å². The fourth-order valence-electron chi connectivity index (χ4n) is 3.89. The number of halogens is 3. The van der Waals surface area contributed by atoms with Gasteiger partial charge in [-0.2, -0.15) is 0 Å². The van der Waals surface area contributed by atoms with Crippen LogP contribution in [-0.2, 0) is 0 Å². The van der Waals surface area contributed by atoms with Crippen molar-refractivity contribution >= 4 is 5.91 Å². The largest absolute Gasteiger partial charge is 0.573 e. The lowest BCUT2D eigenvalue weighted by atomic mass is 9.89. The van der Waals surface area contributed by atoms with Crippen LogP contribution in [0.3, 0.4) is 0 Å². The molecule has 0 aromatic heterocycles. The summed E-state index contributed by atoms with van der Waals surface area (Å²) in [6.07, 6.45) is -0.322. The fraction of sp³-hybridized carbons (Fsp3) is 0.632. The van der Waals surface area contributed by atoms with Gasteiger partial charge in [-0.05, 0) is 75.7 Å². The zero-order chi connectivity index (χ0) is 18.7. The van der Waals surface area contributed by atoms with E-state index in [0.29, 0.717) is 6.54 Å². The smallest absolute Gasteiger partial charge is 0.405 e. The molecule has 2 saturated heterocycles. The average molecular weight is 370 g/mol. The molecule has 26 heavy (non-hydrogen) atoms. The summed E-state index contributed by atoms with van der Waals surface area (Å²) in [6.45, 7) is 4.18. The van der Waals surface area contributed by atoms with Crippen LogP contribution in [0.2, 0.25) is 0 Å². The first kappa shape index (κ1) is 19.0. The standard InChI is InChI=1S/C19H25F3N2O2/c1-13-4-2-3-11-24(13)18(25)16-6-5-15(14-7-9-23-10-8-14)12-17(16)26-19(20,21)22/h5-6,12-14,23H,2-4,7-11H2,1H3. The van der Waals surface area contributed by atoms with Crippen molar-refractivity contribution in [2.45, 2.75) is 57.3 Å². The maximum Gasteiger partial charge on any atom is 0.573 e. The third-order valence-electron chi connectivity index (χ3n) is 5.34. The molecule has 1 amide bonds. The van der Waals surface area contributed by atoms with E-state index in [1.807, 2.05) is 6.92 Å². The van der Waals surface area contributed by atoms with Gasteiger partial charge in [0.15, 0.2) is 0 Å². The van der Waals surface area contributed by atoms with Crippen molar-refractivity contribution in [1.82, 2.24) is 10.2 Å². The minimum Gasteiger partial charge on any atom is -0.405 e. The Bertz CT molecular complexity index is 642. The van der Waals surface area contributed by atoms with Crippen LogP contribution in [0.4, 0.5) is 13.2 Å². The van der Waals surface area contributed by atoms with Crippen LogP contribution >= 0.6 is 0 Å². The highest BCUT2D eigenvalue weighted by Gasteiger charge is 2.35. The first-order valence-corrected chi connectivity index (χ1v) is 9.26. The minimum absolute atomic E-state index is 0.00578. The Morgan fingerprint density at radius 1 is 1.19 bits per heavy atom. The Morgan fingerprint density at radius 2 is 1.92 bits per heavy atom. The molecule has 1 unspecified atom stereocenters. The second-order valence-corrected chi connectivity index (χ2v) is 7.17. The van der Waals surface area contributed by atoms with E-state index in [1.54, 1.807) is 11.0 Å². The van der Waals surface area contributed by atoms with Gasteiger partial charge in [0.05, 0.1) is 5.56 Å². The number of hydrogen-bond acceptors (Lipinski definition) is 3. The summed E-state index contributed by atoms with van der Waals surface area (Å²) in [5.74, 6) is -0.575. The van der Waals surface area contributed by atoms with Gasteiger partial charge in [0.1, 0.15) is 5.75 Å². The highest BCUT2D eigenvalue weighted by Crippen LogP contribution is 2.34. The zero-order valence-corrected chi connectivity index (χ0v) is 14.9. The molecule has 144 valence electrons. The average Bonchev–Trinajstić information content (AvgIpc) is 2.61. The van der Waals surface area contributed by atoms with Crippen molar-refractivity contribution in [3.63, 3.8) is 0 Å². The Balaban J connectivity index is 1.90. The number of nitrogens with zero attached hydrogens (tertiary/aromatic N) is 1. The summed E-state index contributed by atoms with van der Waals surface area (Å²) in [5.41, 5.74) is 0.794. The predicted molar refractivity (Wildman–Crippen MR) is 92.3 cm³/mol. The van der Waals surface area contributed by atoms with E-state index in [2.05, 4.69) is 10.1 Å². The Hall–Kier alpha value is -1.76. The lowest BCUT2D eigenvalue weighted by Gasteiger charge is -2.34. The first-order chi connectivity index (χ1) is 12.3. The number of amides is 1. The zero-order valence-electron chi connectivity index (χ0n) is 14.9. The van der Waals surface area contributed by atoms with E-state index >= 15 is 0 Å². The van der Waals surface area contributed by atoms with E-state index < -0.39 is 6.36 Å². The van der Waals surface area contributed by atoms with Crippen LogP contribution in [-0.4, -0.2) is 42.8 Å². The summed E-state index contributed by atoms with van der Waals surface area (Å²) in [5, 5.41) is 3.24. The van der Waals surface area contributed by atoms with Crippen molar-refractivity contribution in [2.24, 2.45) is 0 Å². The molecule has 2 heterocycles. The van der Waals surface area contributed by atoms with Crippen LogP contribution in [0, 0.1) is 0 Å². The fourth-order valence-corrected chi connectivity index (χ4v) is 3.89. The molecule has 0 saturated carbocycles. The number of likely N-dealkylation sites (tertiary alicyclic amines) is 1. The van der Waals surface area contributed by atoms with E-state index in [9.17, 15) is 18.0 Å². The highest BCUT2D eigenvalue weighted by atomic mass is 19.4. The van der Waals surface area contributed by atoms with Crippen molar-refractivity contribution in [3.8, 4) is 5.75 Å². The molecule has 2 fully saturated rings. The highest BCUT2D eigenvalue weighted by molar-refractivity contribution is 5.97. The SMILES string of the molecule is CC1CCCCN1C(=O)c1ccc(C2CCNCC2)cc1OC(F)(F)F. The number of piperidine rings is 2. The topological polar surface area (TPSA) is 41.6 Å². The van der Waals surface area contributed by atoms with Gasteiger partial charge < -0.3 is 15.0 Å². The molecule has 0 bridgehead atoms. The number of carbonyl (C=O) groups is 1. The molecule has 1 aromatic rings. The third kappa shape index (κ3) is 4.50. The quantitative estimate of drug-likeness (QED) is 0.872. The van der Waals surface area contributed by atoms with Gasteiger partial charge in [-0.3, -0.25) is 4.79 Å². The summed E-state index contributed by atoms with van der Waals surface area (Å²) < 4.78 is 43.0. The Labute approximate surface area is 151 Å². The normalized spacial score (nSPS) is 22.3. The second-order valence-electron chi connectivity index (χ2n) is 7.17. The van der Waals surface area contributed by atoms with Gasteiger partial charge in [-0.1, -0.05) is 6.07 Å². The van der Waals surface area contributed by atoms with E-state index in [0.717, 1.165) is 50.8 Å². The number of alkyl halides is 3. The monoisotopic (exact) mass is 370 g/mol. The maximum absolute atomic E-state index is 12.9. The number of ether oxygens (including phenoxy) is 1. The third-order valence-corrected chi connectivity index (χ3v) is 5.34. The van der Waals surface area contributed by atoms with Crippen LogP contribution in [0.15, 0.2) is 18.2 Å². The van der Waals surface area contributed by atoms with E-state index in [1.165, 1.54) is 12.1 Å².